The minimum absolute atomic E-state index is 0.0858. The maximum absolute atomic E-state index is 12.6. The molecule has 1 aromatic carbocycles. The van der Waals surface area contributed by atoms with E-state index in [1.165, 1.54) is 24.6 Å². The third kappa shape index (κ3) is 3.33. The van der Waals surface area contributed by atoms with E-state index in [0.717, 1.165) is 33.2 Å². The molecule has 2 nitrogen and oxygen atoms in total. The second-order valence-electron chi connectivity index (χ2n) is 5.79. The number of benzene rings is 1. The molecule has 0 spiro atoms. The van der Waals surface area contributed by atoms with Crippen molar-refractivity contribution >= 4 is 40.3 Å². The Labute approximate surface area is 141 Å². The number of allylic oxidation sites excluding steroid dienone is 2. The molecule has 0 aromatic heterocycles. The van der Waals surface area contributed by atoms with Crippen molar-refractivity contribution in [2.45, 2.75) is 38.6 Å². The van der Waals surface area contributed by atoms with Crippen molar-refractivity contribution in [1.82, 2.24) is 4.90 Å². The van der Waals surface area contributed by atoms with Gasteiger partial charge in [0.25, 0.3) is 5.91 Å². The first kappa shape index (κ1) is 15.5. The molecule has 114 valence electrons. The lowest BCUT2D eigenvalue weighted by atomic mass is 10.1. The second kappa shape index (κ2) is 6.80. The molecule has 1 aliphatic carbocycles. The van der Waals surface area contributed by atoms with Gasteiger partial charge in [0, 0.05) is 6.04 Å². The van der Waals surface area contributed by atoms with Crippen LogP contribution < -0.4 is 0 Å². The van der Waals surface area contributed by atoms with E-state index in [1.807, 2.05) is 36.1 Å². The molecule has 0 N–H and O–H groups in total. The van der Waals surface area contributed by atoms with Gasteiger partial charge >= 0.3 is 0 Å². The summed E-state index contributed by atoms with van der Waals surface area (Å²) < 4.78 is 0.718. The van der Waals surface area contributed by atoms with Gasteiger partial charge in [0.2, 0.25) is 0 Å². The summed E-state index contributed by atoms with van der Waals surface area (Å²) in [6.45, 7) is 2.02. The Morgan fingerprint density at radius 2 is 1.95 bits per heavy atom. The van der Waals surface area contributed by atoms with E-state index in [-0.39, 0.29) is 5.91 Å². The van der Waals surface area contributed by atoms with Crippen molar-refractivity contribution in [2.75, 3.05) is 0 Å². The van der Waals surface area contributed by atoms with Crippen molar-refractivity contribution in [3.8, 4) is 0 Å². The predicted octanol–water partition coefficient (Wildman–Crippen LogP) is 4.78. The van der Waals surface area contributed by atoms with Crippen molar-refractivity contribution in [3.05, 3.63) is 52.4 Å². The van der Waals surface area contributed by atoms with Crippen LogP contribution in [0.1, 0.15) is 38.2 Å². The second-order valence-corrected chi connectivity index (χ2v) is 7.46. The van der Waals surface area contributed by atoms with Gasteiger partial charge in [-0.25, -0.2) is 0 Å². The zero-order valence-corrected chi connectivity index (χ0v) is 14.3. The topological polar surface area (TPSA) is 20.3 Å². The van der Waals surface area contributed by atoms with Crippen molar-refractivity contribution in [1.29, 1.82) is 0 Å². The number of thioether (sulfide) groups is 1. The number of hydrogen-bond acceptors (Lipinski definition) is 3. The molecule has 1 heterocycles. The van der Waals surface area contributed by atoms with E-state index in [4.69, 9.17) is 12.2 Å². The van der Waals surface area contributed by atoms with E-state index in [1.54, 1.807) is 0 Å². The lowest BCUT2D eigenvalue weighted by Gasteiger charge is -2.21. The van der Waals surface area contributed by atoms with Crippen LogP contribution in [0.25, 0.3) is 6.08 Å². The summed E-state index contributed by atoms with van der Waals surface area (Å²) in [7, 11) is 0. The van der Waals surface area contributed by atoms with Gasteiger partial charge < -0.3 is 0 Å². The van der Waals surface area contributed by atoms with Crippen LogP contribution in [0.15, 0.2) is 46.9 Å². The van der Waals surface area contributed by atoms with Crippen LogP contribution in [0.3, 0.4) is 0 Å². The molecule has 3 rings (SSSR count). The maximum Gasteiger partial charge on any atom is 0.266 e. The van der Waals surface area contributed by atoms with Crippen LogP contribution in [0, 0.1) is 0 Å². The Balaban J connectivity index is 1.78. The number of amides is 1. The number of hydrogen-bond donors (Lipinski definition) is 0. The summed E-state index contributed by atoms with van der Waals surface area (Å²) in [4.78, 5) is 15.2. The molecule has 1 amide bonds. The monoisotopic (exact) mass is 329 g/mol. The molecule has 1 saturated heterocycles. The molecule has 0 bridgehead atoms. The third-order valence-corrected chi connectivity index (χ3v) is 5.40. The molecule has 2 fully saturated rings. The van der Waals surface area contributed by atoms with E-state index >= 15 is 0 Å². The van der Waals surface area contributed by atoms with Crippen LogP contribution >= 0.6 is 24.0 Å². The molecule has 22 heavy (non-hydrogen) atoms. The first-order valence-corrected chi connectivity index (χ1v) is 8.88. The quantitative estimate of drug-likeness (QED) is 0.588. The molecule has 1 aromatic rings. The summed E-state index contributed by atoms with van der Waals surface area (Å²) in [5.41, 5.74) is 2.21. The van der Waals surface area contributed by atoms with E-state index in [2.05, 4.69) is 18.2 Å². The zero-order chi connectivity index (χ0) is 15.5. The Kier molecular flexibility index (Phi) is 4.79. The fourth-order valence-electron chi connectivity index (χ4n) is 3.02. The van der Waals surface area contributed by atoms with Crippen LogP contribution in [0.2, 0.25) is 0 Å². The third-order valence-electron chi connectivity index (χ3n) is 4.07. The summed E-state index contributed by atoms with van der Waals surface area (Å²) in [6.07, 6.45) is 8.61. The lowest BCUT2D eigenvalue weighted by Crippen LogP contribution is -2.36. The summed E-state index contributed by atoms with van der Waals surface area (Å²) in [6, 6.07) is 10.5. The van der Waals surface area contributed by atoms with Gasteiger partial charge in [-0.15, -0.1) is 0 Å². The Hall–Kier alpha value is -1.39. The Bertz CT molecular complexity index is 642. The van der Waals surface area contributed by atoms with Gasteiger partial charge in [-0.05, 0) is 37.0 Å². The first-order valence-electron chi connectivity index (χ1n) is 7.65. The van der Waals surface area contributed by atoms with Gasteiger partial charge in [0.1, 0.15) is 4.32 Å². The lowest BCUT2D eigenvalue weighted by molar-refractivity contribution is -0.123. The number of rotatable bonds is 3. The highest BCUT2D eigenvalue weighted by Crippen LogP contribution is 2.37. The Morgan fingerprint density at radius 1 is 1.27 bits per heavy atom. The smallest absolute Gasteiger partial charge is 0.266 e. The largest absolute Gasteiger partial charge is 0.290 e. The minimum atomic E-state index is 0.0858. The average molecular weight is 329 g/mol. The number of thiocarbonyl (C=S) groups is 1. The fraction of sp³-hybridized carbons (Fsp3) is 0.333. The molecule has 1 aliphatic heterocycles. The summed E-state index contributed by atoms with van der Waals surface area (Å²) in [5.74, 6) is 0.0858. The van der Waals surface area contributed by atoms with Gasteiger partial charge in [0.15, 0.2) is 0 Å². The van der Waals surface area contributed by atoms with Gasteiger partial charge in [-0.3, -0.25) is 9.69 Å². The number of carbonyl (C=O) groups excluding carboxylic acids is 1. The van der Waals surface area contributed by atoms with Crippen molar-refractivity contribution in [2.24, 2.45) is 0 Å². The molecule has 2 aliphatic rings. The summed E-state index contributed by atoms with van der Waals surface area (Å²) >= 11 is 6.86. The normalized spacial score (nSPS) is 22.1. The maximum atomic E-state index is 12.6. The van der Waals surface area contributed by atoms with Crippen LogP contribution in [0.5, 0.6) is 0 Å². The zero-order valence-electron chi connectivity index (χ0n) is 12.6. The molecule has 1 saturated carbocycles. The number of nitrogens with zero attached hydrogens (tertiary/aromatic N) is 1. The van der Waals surface area contributed by atoms with Gasteiger partial charge in [-0.2, -0.15) is 0 Å². The van der Waals surface area contributed by atoms with Gasteiger partial charge in [0.05, 0.1) is 4.91 Å². The highest BCUT2D eigenvalue weighted by Gasteiger charge is 2.37. The van der Waals surface area contributed by atoms with Crippen molar-refractivity contribution < 1.29 is 4.79 Å². The minimum Gasteiger partial charge on any atom is -0.290 e. The summed E-state index contributed by atoms with van der Waals surface area (Å²) in [5, 5.41) is 0. The number of carbonyl (C=O) groups is 1. The Morgan fingerprint density at radius 3 is 2.64 bits per heavy atom. The molecule has 0 unspecified atom stereocenters. The molecular formula is C18H19NOS2. The molecule has 0 radical (unpaired) electrons. The van der Waals surface area contributed by atoms with Crippen molar-refractivity contribution in [3.63, 3.8) is 0 Å². The van der Waals surface area contributed by atoms with E-state index < -0.39 is 0 Å². The molecule has 4 heteroatoms. The van der Waals surface area contributed by atoms with Crippen LogP contribution in [0.4, 0.5) is 0 Å². The fourth-order valence-corrected chi connectivity index (χ4v) is 4.47. The van der Waals surface area contributed by atoms with E-state index in [9.17, 15) is 4.79 Å². The highest BCUT2D eigenvalue weighted by molar-refractivity contribution is 8.26. The SMILES string of the molecule is CC(=C/c1ccccc1)/C=C1/SC(=S)N(C2CCCC2)C1=O. The molecule has 0 atom stereocenters. The van der Waals surface area contributed by atoms with E-state index in [0.29, 0.717) is 6.04 Å². The van der Waals surface area contributed by atoms with Gasteiger partial charge in [-0.1, -0.05) is 73.2 Å². The van der Waals surface area contributed by atoms with Crippen LogP contribution in [-0.2, 0) is 4.79 Å². The first-order chi connectivity index (χ1) is 10.6. The molecular weight excluding hydrogens is 310 g/mol. The average Bonchev–Trinajstić information content (AvgIpc) is 3.09. The van der Waals surface area contributed by atoms with Crippen LogP contribution in [-0.4, -0.2) is 21.2 Å². The highest BCUT2D eigenvalue weighted by atomic mass is 32.2. The standard InChI is InChI=1S/C18H19NOS2/c1-13(11-14-7-3-2-4-8-14)12-16-17(20)19(18(21)22-16)15-9-5-6-10-15/h2-4,7-8,11-12,15H,5-6,9-10H2,1H3/b13-11-,16-12+. The predicted molar refractivity (Wildman–Crippen MR) is 97.5 cm³/mol.